The molecule has 0 aliphatic carbocycles. The number of nitrogens with two attached hydrogens (primary N) is 1. The first-order valence-corrected chi connectivity index (χ1v) is 11.2. The highest BCUT2D eigenvalue weighted by Gasteiger charge is 2.29. The van der Waals surface area contributed by atoms with Crippen LogP contribution in [0.25, 0.3) is 21.3 Å². The van der Waals surface area contributed by atoms with Gasteiger partial charge in [-0.2, -0.15) is 5.10 Å². The summed E-state index contributed by atoms with van der Waals surface area (Å²) in [6.45, 7) is 6.86. The van der Waals surface area contributed by atoms with Crippen molar-refractivity contribution < 1.29 is 4.79 Å². The molecule has 1 aliphatic rings. The van der Waals surface area contributed by atoms with Crippen LogP contribution >= 0.6 is 11.3 Å². The highest BCUT2D eigenvalue weighted by atomic mass is 32.1. The molecule has 0 bridgehead atoms. The van der Waals surface area contributed by atoms with Gasteiger partial charge in [0.25, 0.3) is 0 Å². The Morgan fingerprint density at radius 2 is 2.25 bits per heavy atom. The van der Waals surface area contributed by atoms with Crippen LogP contribution in [-0.2, 0) is 11.2 Å². The summed E-state index contributed by atoms with van der Waals surface area (Å²) < 4.78 is 2.98. The molecule has 1 saturated heterocycles. The van der Waals surface area contributed by atoms with Gasteiger partial charge in [-0.15, -0.1) is 11.3 Å². The summed E-state index contributed by atoms with van der Waals surface area (Å²) in [6, 6.07) is 6.02. The van der Waals surface area contributed by atoms with E-state index in [4.69, 9.17) is 10.8 Å². The molecule has 0 radical (unpaired) electrons. The summed E-state index contributed by atoms with van der Waals surface area (Å²) in [4.78, 5) is 26.9. The molecule has 2 N–H and O–H groups in total. The predicted molar refractivity (Wildman–Crippen MR) is 125 cm³/mol. The molecule has 0 spiro atoms. The van der Waals surface area contributed by atoms with E-state index in [2.05, 4.69) is 40.3 Å². The number of carbonyl (C=O) groups excluding carboxylic acids is 1. The first-order valence-electron chi connectivity index (χ1n) is 10.4. The van der Waals surface area contributed by atoms with Gasteiger partial charge in [0.1, 0.15) is 17.8 Å². The number of hydrogen-bond donors (Lipinski definition) is 1. The van der Waals surface area contributed by atoms with E-state index < -0.39 is 0 Å². The van der Waals surface area contributed by atoms with Crippen LogP contribution in [0.2, 0.25) is 0 Å². The number of nitrogen functional groups attached to an aromatic ring is 1. The maximum atomic E-state index is 12.0. The van der Waals surface area contributed by atoms with Crippen LogP contribution in [0.4, 0.5) is 5.82 Å². The van der Waals surface area contributed by atoms with Crippen molar-refractivity contribution in [1.29, 1.82) is 0 Å². The second-order valence-electron chi connectivity index (χ2n) is 7.58. The predicted octanol–water partition coefficient (Wildman–Crippen LogP) is 2.94. The number of anilines is 1. The number of likely N-dealkylation sites (tertiary alicyclic amines) is 1. The van der Waals surface area contributed by atoms with Gasteiger partial charge in [-0.05, 0) is 43.0 Å². The maximum Gasteiger partial charge on any atom is 0.246 e. The molecule has 1 amide bonds. The fourth-order valence-corrected chi connectivity index (χ4v) is 4.83. The third kappa shape index (κ3) is 3.48. The fourth-order valence-electron chi connectivity index (χ4n) is 3.94. The number of amides is 1. The zero-order chi connectivity index (χ0) is 22.2. The second-order valence-corrected chi connectivity index (χ2v) is 8.69. The lowest BCUT2D eigenvalue weighted by molar-refractivity contribution is -0.125. The normalized spacial score (nSPS) is 15.8. The fraction of sp³-hybridized carbons (Fsp3) is 0.261. The van der Waals surface area contributed by atoms with Crippen LogP contribution in [0.5, 0.6) is 0 Å². The number of hydrogen-bond acceptors (Lipinski definition) is 7. The average Bonchev–Trinajstić information content (AvgIpc) is 3.53. The molecule has 160 valence electrons. The van der Waals surface area contributed by atoms with Gasteiger partial charge in [0.2, 0.25) is 5.91 Å². The van der Waals surface area contributed by atoms with Gasteiger partial charge in [0, 0.05) is 18.7 Å². The first kappa shape index (κ1) is 20.2. The van der Waals surface area contributed by atoms with E-state index in [1.807, 2.05) is 22.9 Å². The molecular weight excluding hydrogens is 422 g/mol. The van der Waals surface area contributed by atoms with Gasteiger partial charge in [-0.1, -0.05) is 19.4 Å². The zero-order valence-electron chi connectivity index (χ0n) is 17.6. The summed E-state index contributed by atoms with van der Waals surface area (Å²) in [5, 5.41) is 6.48. The zero-order valence-corrected chi connectivity index (χ0v) is 18.4. The third-order valence-electron chi connectivity index (χ3n) is 5.57. The lowest BCUT2D eigenvalue weighted by atomic mass is 10.2. The first-order chi connectivity index (χ1) is 15.6. The SMILES string of the molecule is C=CC(=O)N1CC[C@H](n2nc(C#Cc3ccc4sc(CC)nc4c3)c3c(N)ncnc32)C1. The maximum absolute atomic E-state index is 12.0. The Hall–Kier alpha value is -3.77. The lowest BCUT2D eigenvalue weighted by Gasteiger charge is -2.14. The molecule has 5 rings (SSSR count). The average molecular weight is 444 g/mol. The molecule has 0 unspecified atom stereocenters. The van der Waals surface area contributed by atoms with Gasteiger partial charge < -0.3 is 10.6 Å². The summed E-state index contributed by atoms with van der Waals surface area (Å²) in [6.07, 6.45) is 4.45. The highest BCUT2D eigenvalue weighted by Crippen LogP contribution is 2.28. The number of thiazole rings is 1. The van der Waals surface area contributed by atoms with Crippen LogP contribution in [0.3, 0.4) is 0 Å². The minimum absolute atomic E-state index is 0.00919. The molecule has 32 heavy (non-hydrogen) atoms. The van der Waals surface area contributed by atoms with Crippen LogP contribution in [0.15, 0.2) is 37.2 Å². The van der Waals surface area contributed by atoms with Crippen molar-refractivity contribution >= 4 is 44.3 Å². The number of nitrogens with zero attached hydrogens (tertiary/aromatic N) is 6. The van der Waals surface area contributed by atoms with E-state index >= 15 is 0 Å². The number of aryl methyl sites for hydroxylation is 1. The van der Waals surface area contributed by atoms with E-state index in [1.54, 1.807) is 16.2 Å². The smallest absolute Gasteiger partial charge is 0.246 e. The van der Waals surface area contributed by atoms with Crippen molar-refractivity contribution in [2.75, 3.05) is 18.8 Å². The van der Waals surface area contributed by atoms with Crippen molar-refractivity contribution in [3.63, 3.8) is 0 Å². The monoisotopic (exact) mass is 443 g/mol. The van der Waals surface area contributed by atoms with Crippen LogP contribution in [0.1, 0.15) is 35.7 Å². The van der Waals surface area contributed by atoms with E-state index in [-0.39, 0.29) is 11.9 Å². The standard InChI is InChI=1S/C23H21N7OS/c1-3-19-27-17-11-14(6-8-18(17)32-19)5-7-16-21-22(24)25-13-26-23(21)30(28-16)15-9-10-29(12-15)20(31)4-2/h4,6,8,11,13,15H,2-3,9-10,12H2,1H3,(H2,24,25,26)/t15-/m0/s1. The molecule has 4 aromatic rings. The molecule has 4 heterocycles. The largest absolute Gasteiger partial charge is 0.383 e. The highest BCUT2D eigenvalue weighted by molar-refractivity contribution is 7.18. The Bertz CT molecular complexity index is 1420. The van der Waals surface area contributed by atoms with Crippen molar-refractivity contribution in [2.24, 2.45) is 0 Å². The van der Waals surface area contributed by atoms with E-state index in [0.29, 0.717) is 35.6 Å². The molecule has 3 aromatic heterocycles. The summed E-state index contributed by atoms with van der Waals surface area (Å²) in [5.41, 5.74) is 9.13. The summed E-state index contributed by atoms with van der Waals surface area (Å²) >= 11 is 1.70. The minimum Gasteiger partial charge on any atom is -0.383 e. The molecule has 1 fully saturated rings. The molecule has 8 nitrogen and oxygen atoms in total. The molecule has 1 aliphatic heterocycles. The topological polar surface area (TPSA) is 103 Å². The van der Waals surface area contributed by atoms with Crippen molar-refractivity contribution in [2.45, 2.75) is 25.8 Å². The summed E-state index contributed by atoms with van der Waals surface area (Å²) in [5.74, 6) is 6.60. The van der Waals surface area contributed by atoms with Crippen LogP contribution < -0.4 is 5.73 Å². The molecule has 9 heteroatoms. The van der Waals surface area contributed by atoms with Crippen molar-refractivity contribution in [1.82, 2.24) is 29.6 Å². The number of benzene rings is 1. The van der Waals surface area contributed by atoms with Crippen LogP contribution in [-0.4, -0.2) is 48.6 Å². The lowest BCUT2D eigenvalue weighted by Crippen LogP contribution is -2.27. The van der Waals surface area contributed by atoms with Crippen molar-refractivity contribution in [3.05, 3.63) is 53.4 Å². The van der Waals surface area contributed by atoms with E-state index in [9.17, 15) is 4.79 Å². The second kappa shape index (κ2) is 8.05. The quantitative estimate of drug-likeness (QED) is 0.386. The van der Waals surface area contributed by atoms with Gasteiger partial charge in [-0.3, -0.25) is 4.79 Å². The van der Waals surface area contributed by atoms with Crippen LogP contribution in [0, 0.1) is 11.8 Å². The van der Waals surface area contributed by atoms with Gasteiger partial charge in [0.05, 0.1) is 26.7 Å². The molecular formula is C23H21N7OS. The Morgan fingerprint density at radius 1 is 1.38 bits per heavy atom. The number of aromatic nitrogens is 5. The Balaban J connectivity index is 1.53. The van der Waals surface area contributed by atoms with Gasteiger partial charge >= 0.3 is 0 Å². The molecule has 1 atom stereocenters. The van der Waals surface area contributed by atoms with Gasteiger partial charge in [-0.25, -0.2) is 19.6 Å². The Morgan fingerprint density at radius 3 is 3.06 bits per heavy atom. The number of rotatable bonds is 3. The van der Waals surface area contributed by atoms with E-state index in [1.165, 1.54) is 12.4 Å². The number of carbonyl (C=O) groups is 1. The minimum atomic E-state index is -0.0817. The summed E-state index contributed by atoms with van der Waals surface area (Å²) in [7, 11) is 0. The van der Waals surface area contributed by atoms with Crippen molar-refractivity contribution in [3.8, 4) is 11.8 Å². The molecule has 1 aromatic carbocycles. The third-order valence-corrected chi connectivity index (χ3v) is 6.75. The molecule has 0 saturated carbocycles. The Kier molecular flexibility index (Phi) is 5.07. The number of fused-ring (bicyclic) bond motifs is 2. The Labute approximate surface area is 188 Å². The van der Waals surface area contributed by atoms with Gasteiger partial charge in [0.15, 0.2) is 5.65 Å². The van der Waals surface area contributed by atoms with E-state index in [0.717, 1.165) is 33.6 Å².